The van der Waals surface area contributed by atoms with E-state index in [1.807, 2.05) is 42.5 Å². The molecule has 0 spiro atoms. The van der Waals surface area contributed by atoms with Crippen molar-refractivity contribution >= 4 is 10.8 Å². The van der Waals surface area contributed by atoms with Gasteiger partial charge in [-0.1, -0.05) is 52.0 Å². The summed E-state index contributed by atoms with van der Waals surface area (Å²) in [6, 6.07) is 19.9. The second-order valence-electron chi connectivity index (χ2n) is 7.60. The highest BCUT2D eigenvalue weighted by Crippen LogP contribution is 2.39. The van der Waals surface area contributed by atoms with Crippen LogP contribution in [0, 0.1) is 11.8 Å². The van der Waals surface area contributed by atoms with Crippen LogP contribution < -0.4 is 14.2 Å². The Morgan fingerprint density at radius 1 is 0.704 bits per heavy atom. The summed E-state index contributed by atoms with van der Waals surface area (Å²) in [6.07, 6.45) is 0. The molecular formula is C24H28O3. The van der Waals surface area contributed by atoms with Crippen molar-refractivity contribution in [3.8, 4) is 23.0 Å². The van der Waals surface area contributed by atoms with Gasteiger partial charge in [0.05, 0.1) is 13.2 Å². The van der Waals surface area contributed by atoms with Crippen LogP contribution >= 0.6 is 0 Å². The predicted molar refractivity (Wildman–Crippen MR) is 111 cm³/mol. The van der Waals surface area contributed by atoms with Gasteiger partial charge in [0.25, 0.3) is 0 Å². The second kappa shape index (κ2) is 8.81. The lowest BCUT2D eigenvalue weighted by Gasteiger charge is -2.17. The van der Waals surface area contributed by atoms with Gasteiger partial charge in [0.1, 0.15) is 11.5 Å². The van der Waals surface area contributed by atoms with E-state index < -0.39 is 0 Å². The summed E-state index contributed by atoms with van der Waals surface area (Å²) in [5.41, 5.74) is 0. The minimum Gasteiger partial charge on any atom is -0.493 e. The zero-order chi connectivity index (χ0) is 19.2. The molecule has 0 heterocycles. The summed E-state index contributed by atoms with van der Waals surface area (Å²) in [6.45, 7) is 9.91. The second-order valence-corrected chi connectivity index (χ2v) is 7.60. The van der Waals surface area contributed by atoms with E-state index in [2.05, 4.69) is 45.9 Å². The largest absolute Gasteiger partial charge is 0.493 e. The normalized spacial score (nSPS) is 11.2. The minimum atomic E-state index is 0.429. The van der Waals surface area contributed by atoms with Crippen molar-refractivity contribution in [3.05, 3.63) is 60.7 Å². The molecule has 0 aliphatic rings. The van der Waals surface area contributed by atoms with Gasteiger partial charge in [0, 0.05) is 5.39 Å². The molecule has 3 nitrogen and oxygen atoms in total. The van der Waals surface area contributed by atoms with E-state index >= 15 is 0 Å². The molecule has 0 fully saturated rings. The molecule has 3 aromatic carbocycles. The number of benzene rings is 3. The first-order valence-electron chi connectivity index (χ1n) is 9.58. The van der Waals surface area contributed by atoms with Gasteiger partial charge in [-0.3, -0.25) is 0 Å². The van der Waals surface area contributed by atoms with Crippen molar-refractivity contribution in [1.29, 1.82) is 0 Å². The summed E-state index contributed by atoms with van der Waals surface area (Å²) in [5.74, 6) is 4.10. The van der Waals surface area contributed by atoms with Gasteiger partial charge in [0.2, 0.25) is 0 Å². The molecule has 0 atom stereocenters. The zero-order valence-corrected chi connectivity index (χ0v) is 16.6. The summed E-state index contributed by atoms with van der Waals surface area (Å²) < 4.78 is 18.1. The Morgan fingerprint density at radius 3 is 2.11 bits per heavy atom. The monoisotopic (exact) mass is 364 g/mol. The first kappa shape index (κ1) is 19.1. The third-order valence-electron chi connectivity index (χ3n) is 4.02. The molecule has 0 saturated heterocycles. The Kier molecular flexibility index (Phi) is 6.23. The standard InChI is InChI=1S/C24H28O3/c1-17(2)15-25-21-11-12-22-19(14-21)10-13-23(24(22)26-16-18(3)4)27-20-8-6-5-7-9-20/h5-14,17-18H,15-16H2,1-4H3. The quantitative estimate of drug-likeness (QED) is 0.445. The molecule has 0 aliphatic carbocycles. The van der Waals surface area contributed by atoms with Gasteiger partial charge in [0.15, 0.2) is 11.5 Å². The molecule has 0 bridgehead atoms. The molecule has 0 unspecified atom stereocenters. The summed E-state index contributed by atoms with van der Waals surface area (Å²) in [7, 11) is 0. The van der Waals surface area contributed by atoms with Crippen molar-refractivity contribution in [2.24, 2.45) is 11.8 Å². The predicted octanol–water partition coefficient (Wildman–Crippen LogP) is 6.70. The summed E-state index contributed by atoms with van der Waals surface area (Å²) in [4.78, 5) is 0. The highest BCUT2D eigenvalue weighted by molar-refractivity contribution is 5.92. The summed E-state index contributed by atoms with van der Waals surface area (Å²) >= 11 is 0. The fourth-order valence-corrected chi connectivity index (χ4v) is 2.71. The highest BCUT2D eigenvalue weighted by Gasteiger charge is 2.13. The molecule has 0 aromatic heterocycles. The van der Waals surface area contributed by atoms with Crippen molar-refractivity contribution in [3.63, 3.8) is 0 Å². The fraction of sp³-hybridized carbons (Fsp3) is 0.333. The van der Waals surface area contributed by atoms with Gasteiger partial charge in [-0.25, -0.2) is 0 Å². The van der Waals surface area contributed by atoms with E-state index in [4.69, 9.17) is 14.2 Å². The van der Waals surface area contributed by atoms with Gasteiger partial charge < -0.3 is 14.2 Å². The van der Waals surface area contributed by atoms with Crippen LogP contribution in [-0.2, 0) is 0 Å². The maximum absolute atomic E-state index is 6.16. The van der Waals surface area contributed by atoms with E-state index in [9.17, 15) is 0 Å². The number of rotatable bonds is 8. The molecule has 3 rings (SSSR count). The lowest BCUT2D eigenvalue weighted by Crippen LogP contribution is -2.06. The van der Waals surface area contributed by atoms with Crippen LogP contribution in [0.15, 0.2) is 60.7 Å². The zero-order valence-electron chi connectivity index (χ0n) is 16.6. The molecule has 3 heteroatoms. The molecule has 27 heavy (non-hydrogen) atoms. The van der Waals surface area contributed by atoms with Gasteiger partial charge in [-0.05, 0) is 53.6 Å². The maximum Gasteiger partial charge on any atom is 0.169 e. The SMILES string of the molecule is CC(C)COc1ccc2c(OCC(C)C)c(Oc3ccccc3)ccc2c1. The first-order valence-corrected chi connectivity index (χ1v) is 9.58. The van der Waals surface area contributed by atoms with E-state index in [-0.39, 0.29) is 0 Å². The lowest BCUT2D eigenvalue weighted by atomic mass is 10.1. The van der Waals surface area contributed by atoms with E-state index in [0.29, 0.717) is 25.0 Å². The number of fused-ring (bicyclic) bond motifs is 1. The number of hydrogen-bond donors (Lipinski definition) is 0. The van der Waals surface area contributed by atoms with Crippen LogP contribution in [0.3, 0.4) is 0 Å². The average Bonchev–Trinajstić information content (AvgIpc) is 2.66. The molecule has 0 radical (unpaired) electrons. The van der Waals surface area contributed by atoms with Crippen molar-refractivity contribution < 1.29 is 14.2 Å². The molecule has 142 valence electrons. The first-order chi connectivity index (χ1) is 13.0. The van der Waals surface area contributed by atoms with E-state index in [1.54, 1.807) is 0 Å². The van der Waals surface area contributed by atoms with Gasteiger partial charge >= 0.3 is 0 Å². The molecule has 0 aliphatic heterocycles. The molecular weight excluding hydrogens is 336 g/mol. The maximum atomic E-state index is 6.16. The van der Waals surface area contributed by atoms with Gasteiger partial charge in [-0.2, -0.15) is 0 Å². The lowest BCUT2D eigenvalue weighted by molar-refractivity contribution is 0.264. The van der Waals surface area contributed by atoms with Crippen molar-refractivity contribution in [1.82, 2.24) is 0 Å². The van der Waals surface area contributed by atoms with Crippen LogP contribution in [-0.4, -0.2) is 13.2 Å². The van der Waals surface area contributed by atoms with Crippen LogP contribution in [0.1, 0.15) is 27.7 Å². The molecule has 0 saturated carbocycles. The van der Waals surface area contributed by atoms with E-state index in [0.717, 1.165) is 33.8 Å². The average molecular weight is 364 g/mol. The van der Waals surface area contributed by atoms with Crippen molar-refractivity contribution in [2.45, 2.75) is 27.7 Å². The van der Waals surface area contributed by atoms with Gasteiger partial charge in [-0.15, -0.1) is 0 Å². The molecule has 3 aromatic rings. The van der Waals surface area contributed by atoms with Crippen LogP contribution in [0.2, 0.25) is 0 Å². The van der Waals surface area contributed by atoms with Crippen LogP contribution in [0.4, 0.5) is 0 Å². The fourth-order valence-electron chi connectivity index (χ4n) is 2.71. The number of hydrogen-bond acceptors (Lipinski definition) is 3. The third-order valence-corrected chi connectivity index (χ3v) is 4.02. The molecule has 0 N–H and O–H groups in total. The molecule has 0 amide bonds. The Bertz CT molecular complexity index is 869. The van der Waals surface area contributed by atoms with Crippen LogP contribution in [0.25, 0.3) is 10.8 Å². The Morgan fingerprint density at radius 2 is 1.41 bits per heavy atom. The van der Waals surface area contributed by atoms with Crippen LogP contribution in [0.5, 0.6) is 23.0 Å². The Labute approximate surface area is 161 Å². The smallest absolute Gasteiger partial charge is 0.169 e. The number of para-hydroxylation sites is 1. The van der Waals surface area contributed by atoms with E-state index in [1.165, 1.54) is 0 Å². The van der Waals surface area contributed by atoms with Crippen molar-refractivity contribution in [2.75, 3.05) is 13.2 Å². The third kappa shape index (κ3) is 5.16. The highest BCUT2D eigenvalue weighted by atomic mass is 16.5. The Balaban J connectivity index is 1.96. The Hall–Kier alpha value is -2.68. The topological polar surface area (TPSA) is 27.7 Å². The minimum absolute atomic E-state index is 0.429. The summed E-state index contributed by atoms with van der Waals surface area (Å²) in [5, 5.41) is 2.11. The number of ether oxygens (including phenoxy) is 3.